The van der Waals surface area contributed by atoms with Gasteiger partial charge in [-0.15, -0.1) is 0 Å². The summed E-state index contributed by atoms with van der Waals surface area (Å²) in [5.41, 5.74) is 0.0886. The Labute approximate surface area is 113 Å². The summed E-state index contributed by atoms with van der Waals surface area (Å²) >= 11 is 0. The number of esters is 1. The van der Waals surface area contributed by atoms with Crippen LogP contribution in [-0.4, -0.2) is 28.0 Å². The summed E-state index contributed by atoms with van der Waals surface area (Å²) in [5.74, 6) is -0.117. The van der Waals surface area contributed by atoms with E-state index in [9.17, 15) is 14.9 Å². The van der Waals surface area contributed by atoms with Crippen LogP contribution in [0.15, 0.2) is 36.8 Å². The third-order valence-corrected chi connectivity index (χ3v) is 2.29. The standard InChI is InChI=1S/C12H9N3O5/c1-19-12(16)8-4-10(7-13-5-8)20-11-3-2-9(6-14-11)15(17)18/h2-7H,1H3. The molecule has 0 aliphatic carbocycles. The highest BCUT2D eigenvalue weighted by atomic mass is 16.6. The number of carbonyl (C=O) groups excluding carboxylic acids is 1. The molecule has 0 aliphatic rings. The van der Waals surface area contributed by atoms with Gasteiger partial charge in [-0.25, -0.2) is 9.78 Å². The van der Waals surface area contributed by atoms with E-state index in [0.29, 0.717) is 0 Å². The molecule has 0 aliphatic heterocycles. The molecule has 0 N–H and O–H groups in total. The summed E-state index contributed by atoms with van der Waals surface area (Å²) in [6.45, 7) is 0. The maximum Gasteiger partial charge on any atom is 0.339 e. The zero-order valence-electron chi connectivity index (χ0n) is 10.3. The maximum atomic E-state index is 11.3. The second-order valence-electron chi connectivity index (χ2n) is 3.61. The van der Waals surface area contributed by atoms with E-state index in [2.05, 4.69) is 14.7 Å². The molecule has 8 nitrogen and oxygen atoms in total. The number of rotatable bonds is 4. The van der Waals surface area contributed by atoms with Gasteiger partial charge in [0, 0.05) is 18.3 Å². The minimum absolute atomic E-state index is 0.140. The number of ether oxygens (including phenoxy) is 2. The van der Waals surface area contributed by atoms with Gasteiger partial charge in [-0.2, -0.15) is 0 Å². The van der Waals surface area contributed by atoms with E-state index in [1.54, 1.807) is 0 Å². The van der Waals surface area contributed by atoms with E-state index >= 15 is 0 Å². The molecule has 0 saturated carbocycles. The molecule has 0 spiro atoms. The minimum Gasteiger partial charge on any atom is -0.465 e. The van der Waals surface area contributed by atoms with Crippen molar-refractivity contribution in [2.24, 2.45) is 0 Å². The van der Waals surface area contributed by atoms with Crippen LogP contribution in [0.5, 0.6) is 11.6 Å². The Morgan fingerprint density at radius 2 is 2.10 bits per heavy atom. The molecule has 0 aromatic carbocycles. The largest absolute Gasteiger partial charge is 0.465 e. The van der Waals surface area contributed by atoms with Gasteiger partial charge in [-0.1, -0.05) is 0 Å². The molecule has 0 radical (unpaired) electrons. The van der Waals surface area contributed by atoms with Crippen molar-refractivity contribution in [2.75, 3.05) is 7.11 Å². The first-order valence-corrected chi connectivity index (χ1v) is 5.42. The summed E-state index contributed by atoms with van der Waals surface area (Å²) in [4.78, 5) is 28.9. The molecule has 2 aromatic heterocycles. The zero-order chi connectivity index (χ0) is 14.5. The van der Waals surface area contributed by atoms with Crippen LogP contribution < -0.4 is 4.74 Å². The minimum atomic E-state index is -0.559. The van der Waals surface area contributed by atoms with Crippen molar-refractivity contribution >= 4 is 11.7 Å². The number of hydrogen-bond acceptors (Lipinski definition) is 7. The van der Waals surface area contributed by atoms with Gasteiger partial charge in [0.15, 0.2) is 0 Å². The lowest BCUT2D eigenvalue weighted by Crippen LogP contribution is -2.02. The summed E-state index contributed by atoms with van der Waals surface area (Å²) in [6.07, 6.45) is 3.80. The van der Waals surface area contributed by atoms with E-state index < -0.39 is 10.9 Å². The van der Waals surface area contributed by atoms with Crippen molar-refractivity contribution in [3.05, 3.63) is 52.5 Å². The number of aromatic nitrogens is 2. The van der Waals surface area contributed by atoms with Crippen LogP contribution in [0.4, 0.5) is 5.69 Å². The molecule has 2 heterocycles. The molecular weight excluding hydrogens is 266 g/mol. The molecule has 0 fully saturated rings. The van der Waals surface area contributed by atoms with Gasteiger partial charge in [0.1, 0.15) is 11.9 Å². The number of pyridine rings is 2. The highest BCUT2D eigenvalue weighted by Gasteiger charge is 2.09. The van der Waals surface area contributed by atoms with Crippen molar-refractivity contribution < 1.29 is 19.2 Å². The Hall–Kier alpha value is -3.03. The topological polar surface area (TPSA) is 104 Å². The average molecular weight is 275 g/mol. The summed E-state index contributed by atoms with van der Waals surface area (Å²) < 4.78 is 9.90. The molecule has 20 heavy (non-hydrogen) atoms. The molecule has 102 valence electrons. The van der Waals surface area contributed by atoms with Gasteiger partial charge in [-0.3, -0.25) is 15.1 Å². The van der Waals surface area contributed by atoms with Crippen LogP contribution >= 0.6 is 0 Å². The normalized spacial score (nSPS) is 9.85. The third-order valence-electron chi connectivity index (χ3n) is 2.29. The van der Waals surface area contributed by atoms with Gasteiger partial charge < -0.3 is 9.47 Å². The van der Waals surface area contributed by atoms with Crippen molar-refractivity contribution in [3.63, 3.8) is 0 Å². The number of nitro groups is 1. The number of methoxy groups -OCH3 is 1. The smallest absolute Gasteiger partial charge is 0.339 e. The molecule has 0 amide bonds. The lowest BCUT2D eigenvalue weighted by Gasteiger charge is -2.05. The van der Waals surface area contributed by atoms with Gasteiger partial charge in [0.05, 0.1) is 23.8 Å². The Bertz CT molecular complexity index is 642. The van der Waals surface area contributed by atoms with Crippen LogP contribution in [0.3, 0.4) is 0 Å². The predicted molar refractivity (Wildman–Crippen MR) is 66.5 cm³/mol. The highest BCUT2D eigenvalue weighted by molar-refractivity contribution is 5.89. The fourth-order valence-corrected chi connectivity index (χ4v) is 1.37. The molecule has 2 aromatic rings. The van der Waals surface area contributed by atoms with Crippen LogP contribution in [0, 0.1) is 10.1 Å². The lowest BCUT2D eigenvalue weighted by atomic mass is 10.3. The first kappa shape index (κ1) is 13.4. The van der Waals surface area contributed by atoms with Gasteiger partial charge in [0.2, 0.25) is 5.88 Å². The van der Waals surface area contributed by atoms with E-state index in [-0.39, 0.29) is 22.9 Å². The van der Waals surface area contributed by atoms with Crippen LogP contribution in [-0.2, 0) is 4.74 Å². The number of hydrogen-bond donors (Lipinski definition) is 0. The third kappa shape index (κ3) is 3.05. The van der Waals surface area contributed by atoms with Gasteiger partial charge >= 0.3 is 5.97 Å². The van der Waals surface area contributed by atoms with Crippen LogP contribution in [0.1, 0.15) is 10.4 Å². The first-order chi connectivity index (χ1) is 9.60. The molecular formula is C12H9N3O5. The van der Waals surface area contributed by atoms with Gasteiger partial charge in [-0.05, 0) is 6.07 Å². The molecule has 0 atom stereocenters. The van der Waals surface area contributed by atoms with E-state index in [0.717, 1.165) is 6.20 Å². The van der Waals surface area contributed by atoms with E-state index in [4.69, 9.17) is 4.74 Å². The predicted octanol–water partition coefficient (Wildman–Crippen LogP) is 1.96. The average Bonchev–Trinajstić information content (AvgIpc) is 2.47. The van der Waals surface area contributed by atoms with Gasteiger partial charge in [0.25, 0.3) is 5.69 Å². The van der Waals surface area contributed by atoms with E-state index in [1.165, 1.54) is 37.7 Å². The molecule has 0 saturated heterocycles. The summed E-state index contributed by atoms with van der Waals surface area (Å²) in [7, 11) is 1.26. The van der Waals surface area contributed by atoms with Crippen LogP contribution in [0.25, 0.3) is 0 Å². The lowest BCUT2D eigenvalue weighted by molar-refractivity contribution is -0.385. The van der Waals surface area contributed by atoms with Crippen molar-refractivity contribution in [1.29, 1.82) is 0 Å². The molecule has 2 rings (SSSR count). The Kier molecular flexibility index (Phi) is 3.85. The second-order valence-corrected chi connectivity index (χ2v) is 3.61. The second kappa shape index (κ2) is 5.74. The van der Waals surface area contributed by atoms with Crippen LogP contribution in [0.2, 0.25) is 0 Å². The highest BCUT2D eigenvalue weighted by Crippen LogP contribution is 2.21. The number of carbonyl (C=O) groups is 1. The Morgan fingerprint density at radius 1 is 1.30 bits per heavy atom. The maximum absolute atomic E-state index is 11.3. The van der Waals surface area contributed by atoms with Crippen molar-refractivity contribution in [3.8, 4) is 11.6 Å². The molecule has 8 heteroatoms. The molecule has 0 bridgehead atoms. The Morgan fingerprint density at radius 3 is 2.70 bits per heavy atom. The SMILES string of the molecule is COC(=O)c1cncc(Oc2ccc([N+](=O)[O-])cn2)c1. The van der Waals surface area contributed by atoms with Crippen molar-refractivity contribution in [1.82, 2.24) is 9.97 Å². The fourth-order valence-electron chi connectivity index (χ4n) is 1.37. The fraction of sp³-hybridized carbons (Fsp3) is 0.0833. The number of nitrogens with zero attached hydrogens (tertiary/aromatic N) is 3. The molecule has 0 unspecified atom stereocenters. The zero-order valence-corrected chi connectivity index (χ0v) is 10.3. The monoisotopic (exact) mass is 275 g/mol. The summed E-state index contributed by atoms with van der Waals surface area (Å²) in [6, 6.07) is 4.05. The van der Waals surface area contributed by atoms with Crippen molar-refractivity contribution in [2.45, 2.75) is 0 Å². The quantitative estimate of drug-likeness (QED) is 0.477. The summed E-state index contributed by atoms with van der Waals surface area (Å²) in [5, 5.41) is 10.5. The first-order valence-electron chi connectivity index (χ1n) is 5.42. The Balaban J connectivity index is 2.17. The van der Waals surface area contributed by atoms with E-state index in [1.807, 2.05) is 0 Å².